The molecule has 3 nitrogen and oxygen atoms in total. The summed E-state index contributed by atoms with van der Waals surface area (Å²) in [6.07, 6.45) is 2.43. The highest BCUT2D eigenvalue weighted by Gasteiger charge is 2.46. The van der Waals surface area contributed by atoms with Gasteiger partial charge in [0.2, 0.25) is 0 Å². The Morgan fingerprint density at radius 3 is 2.36 bits per heavy atom. The third-order valence-corrected chi connectivity index (χ3v) is 4.00. The normalized spacial score (nSPS) is 40.1. The molecule has 2 fully saturated rings. The van der Waals surface area contributed by atoms with Crippen LogP contribution in [0, 0.1) is 5.92 Å². The van der Waals surface area contributed by atoms with Gasteiger partial charge in [-0.15, -0.1) is 0 Å². The molecule has 1 saturated carbocycles. The van der Waals surface area contributed by atoms with Crippen LogP contribution in [-0.2, 0) is 0 Å². The van der Waals surface area contributed by atoms with Crippen molar-refractivity contribution in [2.75, 3.05) is 39.8 Å². The van der Waals surface area contributed by atoms with Gasteiger partial charge in [-0.05, 0) is 32.4 Å². The number of nitrogens with two attached hydrogens (primary N) is 1. The average molecular weight is 197 g/mol. The van der Waals surface area contributed by atoms with E-state index in [9.17, 15) is 0 Å². The molecule has 1 saturated heterocycles. The molecular weight excluding hydrogens is 174 g/mol. The molecule has 0 aromatic heterocycles. The molecule has 0 radical (unpaired) electrons. The number of likely N-dealkylation sites (N-methyl/N-ethyl adjacent to an activating group) is 1. The summed E-state index contributed by atoms with van der Waals surface area (Å²) in [5.74, 6) is 0.759. The predicted molar refractivity (Wildman–Crippen MR) is 59.3 cm³/mol. The first-order valence-corrected chi connectivity index (χ1v) is 5.80. The second-order valence-corrected chi connectivity index (χ2v) is 5.23. The van der Waals surface area contributed by atoms with E-state index in [1.807, 2.05) is 0 Å². The van der Waals surface area contributed by atoms with Gasteiger partial charge in [-0.1, -0.05) is 6.92 Å². The van der Waals surface area contributed by atoms with Crippen LogP contribution in [0.15, 0.2) is 0 Å². The van der Waals surface area contributed by atoms with Crippen molar-refractivity contribution in [3.05, 3.63) is 0 Å². The van der Waals surface area contributed by atoms with Crippen molar-refractivity contribution in [1.29, 1.82) is 0 Å². The van der Waals surface area contributed by atoms with E-state index in [1.165, 1.54) is 45.6 Å². The summed E-state index contributed by atoms with van der Waals surface area (Å²) in [5, 5.41) is 0. The second-order valence-electron chi connectivity index (χ2n) is 5.23. The molecule has 14 heavy (non-hydrogen) atoms. The summed E-state index contributed by atoms with van der Waals surface area (Å²) in [4.78, 5) is 4.95. The fraction of sp³-hybridized carbons (Fsp3) is 1.00. The monoisotopic (exact) mass is 197 g/mol. The molecular formula is C11H23N3. The molecule has 1 heterocycles. The zero-order valence-electron chi connectivity index (χ0n) is 9.50. The molecule has 2 aliphatic rings. The maximum absolute atomic E-state index is 6.20. The third kappa shape index (κ3) is 2.27. The minimum Gasteiger partial charge on any atom is -0.325 e. The van der Waals surface area contributed by atoms with E-state index in [4.69, 9.17) is 5.73 Å². The van der Waals surface area contributed by atoms with Crippen LogP contribution in [0.2, 0.25) is 0 Å². The molecule has 2 rings (SSSR count). The van der Waals surface area contributed by atoms with Gasteiger partial charge in [-0.2, -0.15) is 0 Å². The van der Waals surface area contributed by atoms with Crippen LogP contribution in [0.1, 0.15) is 19.8 Å². The number of nitrogens with zero attached hydrogens (tertiary/aromatic N) is 2. The van der Waals surface area contributed by atoms with Crippen LogP contribution in [0.4, 0.5) is 0 Å². The quantitative estimate of drug-likeness (QED) is 0.709. The van der Waals surface area contributed by atoms with Crippen molar-refractivity contribution >= 4 is 0 Å². The van der Waals surface area contributed by atoms with Gasteiger partial charge in [0.25, 0.3) is 0 Å². The summed E-state index contributed by atoms with van der Waals surface area (Å²) in [6, 6.07) is 0. The van der Waals surface area contributed by atoms with Gasteiger partial charge in [0.15, 0.2) is 0 Å². The fourth-order valence-electron chi connectivity index (χ4n) is 2.30. The molecule has 0 aromatic carbocycles. The van der Waals surface area contributed by atoms with Gasteiger partial charge in [0.05, 0.1) is 0 Å². The van der Waals surface area contributed by atoms with Crippen LogP contribution in [0.25, 0.3) is 0 Å². The van der Waals surface area contributed by atoms with E-state index in [1.54, 1.807) is 0 Å². The van der Waals surface area contributed by atoms with Crippen LogP contribution < -0.4 is 5.73 Å². The van der Waals surface area contributed by atoms with Crippen molar-refractivity contribution in [3.63, 3.8) is 0 Å². The van der Waals surface area contributed by atoms with E-state index >= 15 is 0 Å². The lowest BCUT2D eigenvalue weighted by atomic mass is 10.1. The number of hydrogen-bond acceptors (Lipinski definition) is 3. The summed E-state index contributed by atoms with van der Waals surface area (Å²) < 4.78 is 0. The lowest BCUT2D eigenvalue weighted by Crippen LogP contribution is -2.46. The predicted octanol–water partition coefficient (Wildman–Crippen LogP) is 0.361. The van der Waals surface area contributed by atoms with Crippen LogP contribution >= 0.6 is 0 Å². The SMILES string of the molecule is CC1CC1(N)CCN1CCN(C)CC1. The van der Waals surface area contributed by atoms with Crippen LogP contribution in [0.5, 0.6) is 0 Å². The maximum Gasteiger partial charge on any atom is 0.0196 e. The van der Waals surface area contributed by atoms with Gasteiger partial charge < -0.3 is 15.5 Å². The highest BCUT2D eigenvalue weighted by Crippen LogP contribution is 2.43. The summed E-state index contributed by atoms with van der Waals surface area (Å²) >= 11 is 0. The van der Waals surface area contributed by atoms with Crippen LogP contribution in [0.3, 0.4) is 0 Å². The number of rotatable bonds is 3. The second kappa shape index (κ2) is 3.80. The molecule has 0 spiro atoms. The molecule has 3 heteroatoms. The Hall–Kier alpha value is -0.120. The third-order valence-electron chi connectivity index (χ3n) is 4.00. The summed E-state index contributed by atoms with van der Waals surface area (Å²) in [7, 11) is 2.20. The zero-order valence-corrected chi connectivity index (χ0v) is 9.50. The van der Waals surface area contributed by atoms with Gasteiger partial charge in [0.1, 0.15) is 0 Å². The molecule has 1 aliphatic carbocycles. The molecule has 0 aromatic rings. The van der Waals surface area contributed by atoms with E-state index in [0.29, 0.717) is 0 Å². The Labute approximate surface area is 87.2 Å². The van der Waals surface area contributed by atoms with Crippen molar-refractivity contribution in [2.24, 2.45) is 11.7 Å². The Morgan fingerprint density at radius 1 is 1.29 bits per heavy atom. The standard InChI is InChI=1S/C11H23N3/c1-10-9-11(10,12)3-4-14-7-5-13(2)6-8-14/h10H,3-9,12H2,1-2H3. The van der Waals surface area contributed by atoms with Gasteiger partial charge >= 0.3 is 0 Å². The minimum atomic E-state index is 0.198. The Bertz CT molecular complexity index is 199. The summed E-state index contributed by atoms with van der Waals surface area (Å²) in [5.41, 5.74) is 6.40. The highest BCUT2D eigenvalue weighted by molar-refractivity contribution is 5.05. The fourth-order valence-corrected chi connectivity index (χ4v) is 2.30. The van der Waals surface area contributed by atoms with E-state index in [0.717, 1.165) is 5.92 Å². The number of hydrogen-bond donors (Lipinski definition) is 1. The maximum atomic E-state index is 6.20. The average Bonchev–Trinajstić information content (AvgIpc) is 2.74. The molecule has 2 unspecified atom stereocenters. The molecule has 82 valence electrons. The molecule has 2 N–H and O–H groups in total. The summed E-state index contributed by atoms with van der Waals surface area (Å²) in [6.45, 7) is 8.35. The largest absolute Gasteiger partial charge is 0.325 e. The molecule has 0 bridgehead atoms. The molecule has 1 aliphatic heterocycles. The van der Waals surface area contributed by atoms with Gasteiger partial charge in [-0.3, -0.25) is 0 Å². The lowest BCUT2D eigenvalue weighted by Gasteiger charge is -2.33. The molecule has 2 atom stereocenters. The van der Waals surface area contributed by atoms with Crippen molar-refractivity contribution < 1.29 is 0 Å². The topological polar surface area (TPSA) is 32.5 Å². The lowest BCUT2D eigenvalue weighted by molar-refractivity contribution is 0.149. The van der Waals surface area contributed by atoms with E-state index < -0.39 is 0 Å². The zero-order chi connectivity index (χ0) is 10.2. The van der Waals surface area contributed by atoms with Crippen molar-refractivity contribution in [1.82, 2.24) is 9.80 Å². The molecule has 0 amide bonds. The van der Waals surface area contributed by atoms with E-state index in [-0.39, 0.29) is 5.54 Å². The first kappa shape index (κ1) is 10.4. The Kier molecular flexibility index (Phi) is 2.82. The van der Waals surface area contributed by atoms with Gasteiger partial charge in [-0.25, -0.2) is 0 Å². The highest BCUT2D eigenvalue weighted by atomic mass is 15.2. The minimum absolute atomic E-state index is 0.198. The number of piperazine rings is 1. The first-order valence-electron chi connectivity index (χ1n) is 5.80. The van der Waals surface area contributed by atoms with Crippen LogP contribution in [-0.4, -0.2) is 55.1 Å². The van der Waals surface area contributed by atoms with Crippen molar-refractivity contribution in [3.8, 4) is 0 Å². The first-order chi connectivity index (χ1) is 6.60. The van der Waals surface area contributed by atoms with Gasteiger partial charge in [0, 0.05) is 31.7 Å². The smallest absolute Gasteiger partial charge is 0.0196 e. The van der Waals surface area contributed by atoms with Crippen molar-refractivity contribution in [2.45, 2.75) is 25.3 Å². The van der Waals surface area contributed by atoms with E-state index in [2.05, 4.69) is 23.8 Å². The Morgan fingerprint density at radius 2 is 1.86 bits per heavy atom. The Balaban J connectivity index is 1.66.